The fourth-order valence-corrected chi connectivity index (χ4v) is 4.71. The van der Waals surface area contributed by atoms with Crippen LogP contribution in [0.1, 0.15) is 30.0 Å². The van der Waals surface area contributed by atoms with Gasteiger partial charge < -0.3 is 10.2 Å². The molecule has 0 saturated carbocycles. The first-order chi connectivity index (χ1) is 16.6. The maximum absolute atomic E-state index is 13.5. The van der Waals surface area contributed by atoms with Crippen molar-refractivity contribution >= 4 is 35.2 Å². The van der Waals surface area contributed by atoms with Gasteiger partial charge in [-0.1, -0.05) is 97.4 Å². The number of rotatable bonds is 12. The number of hydrogen-bond donors (Lipinski definition) is 1. The molecule has 0 aromatic heterocycles. The lowest BCUT2D eigenvalue weighted by molar-refractivity contribution is -0.139. The van der Waals surface area contributed by atoms with Crippen LogP contribution in [0.25, 0.3) is 0 Å². The van der Waals surface area contributed by atoms with Gasteiger partial charge in [-0.05, 0) is 29.2 Å². The Morgan fingerprint density at radius 3 is 2.18 bits per heavy atom. The number of benzene rings is 3. The van der Waals surface area contributed by atoms with Gasteiger partial charge in [0.15, 0.2) is 0 Å². The van der Waals surface area contributed by atoms with Crippen LogP contribution in [0.2, 0.25) is 5.02 Å². The van der Waals surface area contributed by atoms with E-state index in [1.807, 2.05) is 79.7 Å². The third-order valence-corrected chi connectivity index (χ3v) is 6.81. The van der Waals surface area contributed by atoms with Crippen LogP contribution in [-0.4, -0.2) is 35.1 Å². The van der Waals surface area contributed by atoms with Crippen molar-refractivity contribution in [1.82, 2.24) is 10.2 Å². The highest BCUT2D eigenvalue weighted by atomic mass is 35.5. The molecule has 3 aromatic rings. The van der Waals surface area contributed by atoms with Crippen LogP contribution in [0.3, 0.4) is 0 Å². The van der Waals surface area contributed by atoms with E-state index >= 15 is 0 Å². The lowest BCUT2D eigenvalue weighted by Gasteiger charge is -2.31. The Kier molecular flexibility index (Phi) is 10.5. The van der Waals surface area contributed by atoms with Crippen molar-refractivity contribution in [3.8, 4) is 0 Å². The maximum Gasteiger partial charge on any atom is 0.243 e. The molecule has 1 atom stereocenters. The average Bonchev–Trinajstić information content (AvgIpc) is 2.87. The second-order valence-corrected chi connectivity index (χ2v) is 9.48. The van der Waals surface area contributed by atoms with E-state index in [1.165, 1.54) is 5.56 Å². The van der Waals surface area contributed by atoms with E-state index < -0.39 is 6.04 Å². The summed E-state index contributed by atoms with van der Waals surface area (Å²) in [4.78, 5) is 28.5. The number of hydrogen-bond acceptors (Lipinski definition) is 3. The molecule has 0 fully saturated rings. The zero-order chi connectivity index (χ0) is 24.2. The Morgan fingerprint density at radius 1 is 0.912 bits per heavy atom. The van der Waals surface area contributed by atoms with E-state index in [1.54, 1.807) is 16.7 Å². The van der Waals surface area contributed by atoms with Gasteiger partial charge in [-0.25, -0.2) is 0 Å². The number of halogens is 1. The molecule has 0 radical (unpaired) electrons. The molecular formula is C28H31ClN2O2S. The summed E-state index contributed by atoms with van der Waals surface area (Å²) in [6, 6.07) is 26.8. The normalized spacial score (nSPS) is 11.6. The molecule has 34 heavy (non-hydrogen) atoms. The quantitative estimate of drug-likeness (QED) is 0.349. The second kappa shape index (κ2) is 13.8. The molecule has 178 valence electrons. The van der Waals surface area contributed by atoms with Crippen molar-refractivity contribution in [3.05, 3.63) is 107 Å². The molecule has 0 unspecified atom stereocenters. The van der Waals surface area contributed by atoms with Crippen molar-refractivity contribution in [3.63, 3.8) is 0 Å². The highest BCUT2D eigenvalue weighted by Gasteiger charge is 2.30. The summed E-state index contributed by atoms with van der Waals surface area (Å²) in [5.41, 5.74) is 3.00. The Balaban J connectivity index is 1.84. The van der Waals surface area contributed by atoms with Gasteiger partial charge in [0, 0.05) is 30.3 Å². The number of thioether (sulfide) groups is 1. The van der Waals surface area contributed by atoms with E-state index in [0.717, 1.165) is 23.3 Å². The largest absolute Gasteiger partial charge is 0.354 e. The number of carbonyl (C=O) groups is 2. The van der Waals surface area contributed by atoms with Gasteiger partial charge in [0.25, 0.3) is 0 Å². The molecule has 6 heteroatoms. The zero-order valence-corrected chi connectivity index (χ0v) is 21.0. The van der Waals surface area contributed by atoms with Crippen LogP contribution < -0.4 is 5.32 Å². The van der Waals surface area contributed by atoms with E-state index in [-0.39, 0.29) is 24.1 Å². The lowest BCUT2D eigenvalue weighted by atomic mass is 10.0. The van der Waals surface area contributed by atoms with Crippen molar-refractivity contribution in [1.29, 1.82) is 0 Å². The van der Waals surface area contributed by atoms with Crippen LogP contribution in [0.5, 0.6) is 0 Å². The first kappa shape index (κ1) is 25.9. The minimum Gasteiger partial charge on any atom is -0.354 e. The predicted molar refractivity (Wildman–Crippen MR) is 142 cm³/mol. The first-order valence-electron chi connectivity index (χ1n) is 11.5. The van der Waals surface area contributed by atoms with Gasteiger partial charge in [0.1, 0.15) is 6.04 Å². The Bertz CT molecular complexity index is 1050. The molecule has 2 amide bonds. The van der Waals surface area contributed by atoms with E-state index in [9.17, 15) is 9.59 Å². The maximum atomic E-state index is 13.5. The molecule has 3 rings (SSSR count). The molecule has 0 heterocycles. The minimum absolute atomic E-state index is 0.0755. The zero-order valence-electron chi connectivity index (χ0n) is 19.5. The predicted octanol–water partition coefficient (Wildman–Crippen LogP) is 5.74. The van der Waals surface area contributed by atoms with Crippen LogP contribution in [-0.2, 0) is 28.3 Å². The summed E-state index contributed by atoms with van der Waals surface area (Å²) in [6.07, 6.45) is 1.27. The standard InChI is InChI=1S/C28H31ClN2O2S/c1-2-17-30-28(33)26(18-22-11-5-3-6-12-22)31(19-24-15-9-10-16-25(24)29)27(32)21-34-20-23-13-7-4-8-14-23/h3-16,26H,2,17-21H2,1H3,(H,30,33)/t26-/m0/s1. The number of nitrogens with one attached hydrogen (secondary N) is 1. The van der Waals surface area contributed by atoms with Crippen LogP contribution in [0, 0.1) is 0 Å². The van der Waals surface area contributed by atoms with Gasteiger partial charge in [-0.2, -0.15) is 0 Å². The summed E-state index contributed by atoms with van der Waals surface area (Å²) in [5, 5.41) is 3.59. The smallest absolute Gasteiger partial charge is 0.243 e. The average molecular weight is 495 g/mol. The molecule has 0 spiro atoms. The van der Waals surface area contributed by atoms with E-state index in [2.05, 4.69) is 17.4 Å². The Labute approximate surface area is 211 Å². The van der Waals surface area contributed by atoms with Crippen LogP contribution in [0.15, 0.2) is 84.9 Å². The van der Waals surface area contributed by atoms with E-state index in [4.69, 9.17) is 11.6 Å². The number of amides is 2. The topological polar surface area (TPSA) is 49.4 Å². The molecule has 0 aliphatic heterocycles. The number of carbonyl (C=O) groups excluding carboxylic acids is 2. The highest BCUT2D eigenvalue weighted by Crippen LogP contribution is 2.22. The van der Waals surface area contributed by atoms with E-state index in [0.29, 0.717) is 18.0 Å². The molecule has 0 saturated heterocycles. The third kappa shape index (κ3) is 7.93. The fraction of sp³-hybridized carbons (Fsp3) is 0.286. The third-order valence-electron chi connectivity index (χ3n) is 5.46. The van der Waals surface area contributed by atoms with Crippen molar-refractivity contribution in [2.75, 3.05) is 12.3 Å². The number of nitrogens with zero attached hydrogens (tertiary/aromatic N) is 1. The van der Waals surface area contributed by atoms with Crippen molar-refractivity contribution in [2.45, 2.75) is 38.1 Å². The summed E-state index contributed by atoms with van der Waals surface area (Å²) in [5.74, 6) is 0.802. The molecule has 4 nitrogen and oxygen atoms in total. The Hall–Kier alpha value is -2.76. The van der Waals surface area contributed by atoms with Gasteiger partial charge in [0.05, 0.1) is 5.75 Å². The minimum atomic E-state index is -0.630. The monoisotopic (exact) mass is 494 g/mol. The highest BCUT2D eigenvalue weighted by molar-refractivity contribution is 7.99. The molecule has 0 bridgehead atoms. The van der Waals surface area contributed by atoms with Crippen LogP contribution >= 0.6 is 23.4 Å². The first-order valence-corrected chi connectivity index (χ1v) is 13.1. The van der Waals surface area contributed by atoms with Crippen LogP contribution in [0.4, 0.5) is 0 Å². The van der Waals surface area contributed by atoms with Crippen molar-refractivity contribution < 1.29 is 9.59 Å². The van der Waals surface area contributed by atoms with Gasteiger partial charge >= 0.3 is 0 Å². The van der Waals surface area contributed by atoms with Gasteiger partial charge in [-0.3, -0.25) is 9.59 Å². The summed E-state index contributed by atoms with van der Waals surface area (Å²) in [7, 11) is 0. The fourth-order valence-electron chi connectivity index (χ4n) is 3.64. The lowest BCUT2D eigenvalue weighted by Crippen LogP contribution is -2.51. The molecular weight excluding hydrogens is 464 g/mol. The van der Waals surface area contributed by atoms with Gasteiger partial charge in [0.2, 0.25) is 11.8 Å². The second-order valence-electron chi connectivity index (χ2n) is 8.09. The Morgan fingerprint density at radius 2 is 1.53 bits per heavy atom. The summed E-state index contributed by atoms with van der Waals surface area (Å²) in [6.45, 7) is 2.86. The van der Waals surface area contributed by atoms with Crippen molar-refractivity contribution in [2.24, 2.45) is 0 Å². The summed E-state index contributed by atoms with van der Waals surface area (Å²) < 4.78 is 0. The SMILES string of the molecule is CCCNC(=O)[C@H](Cc1ccccc1)N(Cc1ccccc1Cl)C(=O)CSCc1ccccc1. The van der Waals surface area contributed by atoms with Gasteiger partial charge in [-0.15, -0.1) is 11.8 Å². The molecule has 3 aromatic carbocycles. The molecule has 1 N–H and O–H groups in total. The summed E-state index contributed by atoms with van der Waals surface area (Å²) >= 11 is 8.00. The molecule has 0 aliphatic carbocycles. The molecule has 0 aliphatic rings.